The fourth-order valence-corrected chi connectivity index (χ4v) is 3.47. The fraction of sp³-hybridized carbons (Fsp3) is 0.350. The van der Waals surface area contributed by atoms with Crippen LogP contribution in [0.5, 0.6) is 0 Å². The van der Waals surface area contributed by atoms with Gasteiger partial charge in [-0.3, -0.25) is 15.5 Å². The van der Waals surface area contributed by atoms with E-state index < -0.39 is 0 Å². The van der Waals surface area contributed by atoms with Crippen LogP contribution in [-0.2, 0) is 7.05 Å². The van der Waals surface area contributed by atoms with Gasteiger partial charge >= 0.3 is 0 Å². The summed E-state index contributed by atoms with van der Waals surface area (Å²) in [6.45, 7) is 1.97. The van der Waals surface area contributed by atoms with Gasteiger partial charge in [0.05, 0.1) is 17.2 Å². The Hall–Kier alpha value is -2.93. The van der Waals surface area contributed by atoms with Gasteiger partial charge in [-0.25, -0.2) is 9.97 Å². The van der Waals surface area contributed by atoms with Crippen molar-refractivity contribution in [2.45, 2.75) is 38.1 Å². The number of nitrogens with zero attached hydrogens (tertiary/aromatic N) is 3. The van der Waals surface area contributed by atoms with Crippen LogP contribution in [-0.4, -0.2) is 19.7 Å². The molecule has 0 radical (unpaired) electrons. The lowest BCUT2D eigenvalue weighted by molar-refractivity contribution is 0.389. The van der Waals surface area contributed by atoms with Crippen molar-refractivity contribution in [3.63, 3.8) is 0 Å². The van der Waals surface area contributed by atoms with E-state index in [1.54, 1.807) is 35.9 Å². The summed E-state index contributed by atoms with van der Waals surface area (Å²) < 4.78 is 1.58. The van der Waals surface area contributed by atoms with Crippen LogP contribution >= 0.6 is 0 Å². The third kappa shape index (κ3) is 3.26. The highest BCUT2D eigenvalue weighted by Gasteiger charge is 2.20. The molecule has 1 unspecified atom stereocenters. The smallest absolute Gasteiger partial charge is 0.252 e. The summed E-state index contributed by atoms with van der Waals surface area (Å²) in [6, 6.07) is 6.71. The number of hydrogen-bond acceptors (Lipinski definition) is 6. The molecule has 3 N–H and O–H groups in total. The molecule has 1 aliphatic rings. The van der Waals surface area contributed by atoms with Crippen LogP contribution in [0, 0.1) is 0 Å². The molecule has 27 heavy (non-hydrogen) atoms. The Kier molecular flexibility index (Phi) is 4.53. The Labute approximate surface area is 157 Å². The zero-order chi connectivity index (χ0) is 19.0. The standard InChI is InChI=1S/C20H23N5O2/c1-12(20-21-10-14(11-22-20)13-4-3-5-13)23-17-9-19(26)25(2)18-7-6-15(24-27)8-16(17)18/h6-13,23-24,27H,3-5H2,1-2H3. The summed E-state index contributed by atoms with van der Waals surface area (Å²) >= 11 is 0. The molecule has 0 saturated heterocycles. The van der Waals surface area contributed by atoms with Crippen LogP contribution in [0.1, 0.15) is 49.5 Å². The van der Waals surface area contributed by atoms with E-state index in [9.17, 15) is 10.0 Å². The fourth-order valence-electron chi connectivity index (χ4n) is 3.47. The largest absolute Gasteiger partial charge is 0.375 e. The Bertz CT molecular complexity index is 1020. The minimum absolute atomic E-state index is 0.108. The molecule has 0 spiro atoms. The lowest BCUT2D eigenvalue weighted by atomic mass is 9.81. The van der Waals surface area contributed by atoms with Gasteiger partial charge in [0.25, 0.3) is 5.56 Å². The maximum Gasteiger partial charge on any atom is 0.252 e. The SMILES string of the molecule is CC(Nc1cc(=O)n(C)c2ccc(NO)cc12)c1ncc(C2CCC2)cn1. The van der Waals surface area contributed by atoms with Crippen molar-refractivity contribution in [1.29, 1.82) is 0 Å². The van der Waals surface area contributed by atoms with Gasteiger partial charge in [-0.1, -0.05) is 6.42 Å². The Morgan fingerprint density at radius 3 is 2.59 bits per heavy atom. The van der Waals surface area contributed by atoms with E-state index in [0.29, 0.717) is 23.1 Å². The number of nitrogens with one attached hydrogen (secondary N) is 2. The molecule has 3 aromatic rings. The summed E-state index contributed by atoms with van der Waals surface area (Å²) in [7, 11) is 1.73. The predicted molar refractivity (Wildman–Crippen MR) is 105 cm³/mol. The molecule has 0 amide bonds. The van der Waals surface area contributed by atoms with Gasteiger partial charge in [-0.2, -0.15) is 0 Å². The molecule has 140 valence electrons. The first kappa shape index (κ1) is 17.5. The molecule has 1 aromatic carbocycles. The van der Waals surface area contributed by atoms with Crippen molar-refractivity contribution in [2.24, 2.45) is 7.05 Å². The third-order valence-electron chi connectivity index (χ3n) is 5.40. The Balaban J connectivity index is 1.65. The van der Waals surface area contributed by atoms with Crippen LogP contribution in [0.25, 0.3) is 10.9 Å². The Morgan fingerprint density at radius 2 is 1.96 bits per heavy atom. The topological polar surface area (TPSA) is 92.1 Å². The number of rotatable bonds is 5. The normalized spacial score (nSPS) is 15.4. The molecule has 2 aromatic heterocycles. The van der Waals surface area contributed by atoms with E-state index in [1.165, 1.54) is 24.8 Å². The van der Waals surface area contributed by atoms with Crippen LogP contribution in [0.15, 0.2) is 41.5 Å². The highest BCUT2D eigenvalue weighted by molar-refractivity contribution is 5.93. The molecule has 0 aliphatic heterocycles. The molecular weight excluding hydrogens is 342 g/mol. The van der Waals surface area contributed by atoms with Gasteiger partial charge in [0.1, 0.15) is 5.82 Å². The summed E-state index contributed by atoms with van der Waals surface area (Å²) in [5.41, 5.74) is 5.26. The molecule has 1 saturated carbocycles. The number of hydrogen-bond donors (Lipinski definition) is 3. The van der Waals surface area contributed by atoms with Crippen molar-refractivity contribution in [3.8, 4) is 0 Å². The van der Waals surface area contributed by atoms with Gasteiger partial charge in [-0.15, -0.1) is 0 Å². The maximum absolute atomic E-state index is 12.3. The van der Waals surface area contributed by atoms with E-state index in [2.05, 4.69) is 20.8 Å². The zero-order valence-electron chi connectivity index (χ0n) is 15.4. The van der Waals surface area contributed by atoms with Gasteiger partial charge in [0.2, 0.25) is 0 Å². The number of fused-ring (bicyclic) bond motifs is 1. The van der Waals surface area contributed by atoms with Crippen LogP contribution < -0.4 is 16.4 Å². The third-order valence-corrected chi connectivity index (χ3v) is 5.40. The molecule has 1 atom stereocenters. The molecule has 2 heterocycles. The van der Waals surface area contributed by atoms with Crippen LogP contribution in [0.3, 0.4) is 0 Å². The van der Waals surface area contributed by atoms with Gasteiger partial charge in [-0.05, 0) is 49.4 Å². The molecule has 4 rings (SSSR count). The zero-order valence-corrected chi connectivity index (χ0v) is 15.4. The molecule has 7 nitrogen and oxygen atoms in total. The average molecular weight is 365 g/mol. The molecule has 1 fully saturated rings. The van der Waals surface area contributed by atoms with E-state index >= 15 is 0 Å². The average Bonchev–Trinajstić information content (AvgIpc) is 2.64. The second kappa shape index (κ2) is 7.00. The first-order valence-electron chi connectivity index (χ1n) is 9.19. The van der Waals surface area contributed by atoms with E-state index in [0.717, 1.165) is 10.9 Å². The van der Waals surface area contributed by atoms with E-state index in [-0.39, 0.29) is 11.6 Å². The quantitative estimate of drug-likeness (QED) is 0.599. The van der Waals surface area contributed by atoms with Crippen molar-refractivity contribution in [3.05, 3.63) is 58.4 Å². The lowest BCUT2D eigenvalue weighted by Gasteiger charge is -2.25. The number of aromatic nitrogens is 3. The predicted octanol–water partition coefficient (Wildman–Crippen LogP) is 3.57. The highest BCUT2D eigenvalue weighted by Crippen LogP contribution is 2.35. The molecule has 7 heteroatoms. The first-order chi connectivity index (χ1) is 13.1. The summed E-state index contributed by atoms with van der Waals surface area (Å²) in [4.78, 5) is 21.4. The van der Waals surface area contributed by atoms with Gasteiger partial charge < -0.3 is 9.88 Å². The van der Waals surface area contributed by atoms with Crippen molar-refractivity contribution in [2.75, 3.05) is 10.8 Å². The summed E-state index contributed by atoms with van der Waals surface area (Å²) in [6.07, 6.45) is 7.56. The lowest BCUT2D eigenvalue weighted by Crippen LogP contribution is -2.19. The molecule has 1 aliphatic carbocycles. The number of benzene rings is 1. The van der Waals surface area contributed by atoms with Crippen LogP contribution in [0.2, 0.25) is 0 Å². The summed E-state index contributed by atoms with van der Waals surface area (Å²) in [5, 5.41) is 13.4. The molecule has 0 bridgehead atoms. The monoisotopic (exact) mass is 365 g/mol. The number of aryl methyl sites for hydroxylation is 1. The van der Waals surface area contributed by atoms with E-state index in [1.807, 2.05) is 19.3 Å². The maximum atomic E-state index is 12.3. The van der Waals surface area contributed by atoms with Crippen molar-refractivity contribution in [1.82, 2.24) is 14.5 Å². The van der Waals surface area contributed by atoms with Crippen molar-refractivity contribution < 1.29 is 5.21 Å². The highest BCUT2D eigenvalue weighted by atomic mass is 16.5. The van der Waals surface area contributed by atoms with Gasteiger partial charge in [0.15, 0.2) is 0 Å². The number of anilines is 2. The second-order valence-corrected chi connectivity index (χ2v) is 7.17. The minimum atomic E-state index is -0.165. The molecular formula is C20H23N5O2. The van der Waals surface area contributed by atoms with Crippen LogP contribution in [0.4, 0.5) is 11.4 Å². The first-order valence-corrected chi connectivity index (χ1v) is 9.19. The Morgan fingerprint density at radius 1 is 1.22 bits per heavy atom. The second-order valence-electron chi connectivity index (χ2n) is 7.17. The summed E-state index contributed by atoms with van der Waals surface area (Å²) in [5.74, 6) is 1.29. The number of pyridine rings is 1. The van der Waals surface area contributed by atoms with Gasteiger partial charge in [0, 0.05) is 36.6 Å². The van der Waals surface area contributed by atoms with E-state index in [4.69, 9.17) is 0 Å². The van der Waals surface area contributed by atoms with Crippen molar-refractivity contribution >= 4 is 22.3 Å². The minimum Gasteiger partial charge on any atom is -0.375 e.